The van der Waals surface area contributed by atoms with Gasteiger partial charge >= 0.3 is 12.1 Å². The highest BCUT2D eigenvalue weighted by Gasteiger charge is 2.45. The molecule has 0 heterocycles. The molecule has 1 fully saturated rings. The molecule has 0 bridgehead atoms. The van der Waals surface area contributed by atoms with E-state index in [1.807, 2.05) is 33.8 Å². The van der Waals surface area contributed by atoms with Crippen LogP contribution in [0.4, 0.5) is 4.79 Å². The number of carboxylic acid groups (broad SMARTS) is 1. The summed E-state index contributed by atoms with van der Waals surface area (Å²) in [5.74, 6) is -0.447. The van der Waals surface area contributed by atoms with Gasteiger partial charge in [-0.15, -0.1) is 0 Å². The van der Waals surface area contributed by atoms with Crippen molar-refractivity contribution < 1.29 is 28.9 Å². The van der Waals surface area contributed by atoms with Crippen molar-refractivity contribution in [2.75, 3.05) is 20.3 Å². The number of hydrogen-bond donors (Lipinski definition) is 3. The zero-order chi connectivity index (χ0) is 23.2. The van der Waals surface area contributed by atoms with Gasteiger partial charge in [-0.05, 0) is 71.4 Å². The first-order valence-electron chi connectivity index (χ1n) is 11.0. The lowest BCUT2D eigenvalue weighted by molar-refractivity contribution is -0.148. The van der Waals surface area contributed by atoms with E-state index in [0.29, 0.717) is 24.7 Å². The molecule has 0 radical (unpaired) electrons. The van der Waals surface area contributed by atoms with Crippen molar-refractivity contribution in [1.82, 2.24) is 10.6 Å². The Bertz CT molecular complexity index is 703. The topological polar surface area (TPSA) is 106 Å². The third kappa shape index (κ3) is 6.89. The normalized spacial score (nSPS) is 28.8. The summed E-state index contributed by atoms with van der Waals surface area (Å²) >= 11 is 0. The second-order valence-corrected chi connectivity index (χ2v) is 9.60. The second-order valence-electron chi connectivity index (χ2n) is 9.60. The predicted molar refractivity (Wildman–Crippen MR) is 117 cm³/mol. The molecular formula is C23H38N2O6. The van der Waals surface area contributed by atoms with Gasteiger partial charge < -0.3 is 30.0 Å². The number of allylic oxidation sites excluding steroid dienone is 2. The molecule has 2 atom stereocenters. The van der Waals surface area contributed by atoms with Crippen molar-refractivity contribution in [2.24, 2.45) is 11.3 Å². The first kappa shape index (κ1) is 25.0. The highest BCUT2D eigenvalue weighted by molar-refractivity contribution is 5.79. The van der Waals surface area contributed by atoms with Crippen LogP contribution in [0.5, 0.6) is 0 Å². The maximum Gasteiger partial charge on any atom is 0.407 e. The van der Waals surface area contributed by atoms with Gasteiger partial charge in [0.1, 0.15) is 23.4 Å². The van der Waals surface area contributed by atoms with Crippen molar-refractivity contribution in [3.05, 3.63) is 23.6 Å². The first-order chi connectivity index (χ1) is 14.5. The maximum atomic E-state index is 12.2. The summed E-state index contributed by atoms with van der Waals surface area (Å²) in [6, 6.07) is 0.193. The van der Waals surface area contributed by atoms with Crippen LogP contribution in [-0.4, -0.2) is 55.2 Å². The van der Waals surface area contributed by atoms with Crippen molar-refractivity contribution in [1.29, 1.82) is 0 Å². The van der Waals surface area contributed by atoms with Crippen LogP contribution >= 0.6 is 0 Å². The Balaban J connectivity index is 2.00. The molecule has 0 saturated heterocycles. The molecule has 0 aromatic heterocycles. The fourth-order valence-electron chi connectivity index (χ4n) is 3.91. The lowest BCUT2D eigenvalue weighted by Gasteiger charge is -2.39. The minimum atomic E-state index is -1.06. The van der Waals surface area contributed by atoms with E-state index in [4.69, 9.17) is 14.2 Å². The summed E-state index contributed by atoms with van der Waals surface area (Å²) in [5, 5.41) is 16.4. The fourth-order valence-corrected chi connectivity index (χ4v) is 3.91. The number of carbonyl (C=O) groups excluding carboxylic acids is 1. The van der Waals surface area contributed by atoms with E-state index in [1.165, 1.54) is 0 Å². The molecule has 1 amide bonds. The van der Waals surface area contributed by atoms with Gasteiger partial charge in [0.05, 0.1) is 6.61 Å². The third-order valence-electron chi connectivity index (χ3n) is 5.98. The highest BCUT2D eigenvalue weighted by Crippen LogP contribution is 2.41. The Hall–Kier alpha value is -2.22. The summed E-state index contributed by atoms with van der Waals surface area (Å²) in [7, 11) is 1.61. The minimum Gasteiger partial charge on any atom is -0.491 e. The van der Waals surface area contributed by atoms with Crippen LogP contribution in [0.15, 0.2) is 23.6 Å². The molecule has 0 aliphatic heterocycles. The number of alkyl carbamates (subject to hydrolysis) is 1. The molecule has 2 rings (SSSR count). The fraction of sp³-hybridized carbons (Fsp3) is 0.739. The summed E-state index contributed by atoms with van der Waals surface area (Å²) in [6.07, 6.45) is 6.52. The van der Waals surface area contributed by atoms with Gasteiger partial charge in [0.2, 0.25) is 0 Å². The van der Waals surface area contributed by atoms with Gasteiger partial charge in [-0.1, -0.05) is 6.92 Å². The van der Waals surface area contributed by atoms with Crippen LogP contribution in [0.3, 0.4) is 0 Å². The smallest absolute Gasteiger partial charge is 0.407 e. The first-order valence-corrected chi connectivity index (χ1v) is 11.0. The largest absolute Gasteiger partial charge is 0.491 e. The summed E-state index contributed by atoms with van der Waals surface area (Å²) in [4.78, 5) is 24.2. The van der Waals surface area contributed by atoms with Crippen molar-refractivity contribution in [3.63, 3.8) is 0 Å². The van der Waals surface area contributed by atoms with Gasteiger partial charge in [-0.3, -0.25) is 4.79 Å². The molecule has 0 aromatic carbocycles. The molecular weight excluding hydrogens is 400 g/mol. The SMILES string of the molecule is COCCOC1=CC(C)C(C)(C(=O)O)C(NC2CCC(NC(=O)OC(C)(C)C)CC2)=C1. The minimum absolute atomic E-state index is 0.0610. The van der Waals surface area contributed by atoms with E-state index in [0.717, 1.165) is 25.7 Å². The zero-order valence-electron chi connectivity index (χ0n) is 19.6. The maximum absolute atomic E-state index is 12.2. The van der Waals surface area contributed by atoms with Crippen LogP contribution in [0.2, 0.25) is 0 Å². The van der Waals surface area contributed by atoms with E-state index < -0.39 is 23.1 Å². The van der Waals surface area contributed by atoms with Crippen molar-refractivity contribution in [3.8, 4) is 0 Å². The van der Waals surface area contributed by atoms with E-state index >= 15 is 0 Å². The number of methoxy groups -OCH3 is 1. The van der Waals surface area contributed by atoms with Crippen LogP contribution < -0.4 is 10.6 Å². The van der Waals surface area contributed by atoms with Crippen LogP contribution in [-0.2, 0) is 19.0 Å². The molecule has 31 heavy (non-hydrogen) atoms. The lowest BCUT2D eigenvalue weighted by atomic mass is 9.72. The molecule has 8 nitrogen and oxygen atoms in total. The van der Waals surface area contributed by atoms with Gasteiger partial charge in [0.25, 0.3) is 0 Å². The molecule has 2 aliphatic carbocycles. The number of hydrogen-bond acceptors (Lipinski definition) is 6. The average Bonchev–Trinajstić information content (AvgIpc) is 2.65. The average molecular weight is 439 g/mol. The zero-order valence-corrected chi connectivity index (χ0v) is 19.6. The number of carbonyl (C=O) groups is 2. The summed E-state index contributed by atoms with van der Waals surface area (Å²) in [5.41, 5.74) is -0.921. The van der Waals surface area contributed by atoms with E-state index in [9.17, 15) is 14.7 Å². The Morgan fingerprint density at radius 2 is 1.77 bits per heavy atom. The molecule has 176 valence electrons. The lowest BCUT2D eigenvalue weighted by Crippen LogP contribution is -2.48. The number of carboxylic acids is 1. The van der Waals surface area contributed by atoms with Crippen LogP contribution in [0.1, 0.15) is 60.3 Å². The predicted octanol–water partition coefficient (Wildman–Crippen LogP) is 3.58. The van der Waals surface area contributed by atoms with Gasteiger partial charge in [0, 0.05) is 24.9 Å². The van der Waals surface area contributed by atoms with Gasteiger partial charge in [0.15, 0.2) is 0 Å². The molecule has 2 unspecified atom stereocenters. The van der Waals surface area contributed by atoms with E-state index in [1.54, 1.807) is 20.1 Å². The molecule has 0 aromatic rings. The van der Waals surface area contributed by atoms with Gasteiger partial charge in [-0.25, -0.2) is 4.79 Å². The Labute approximate surface area is 185 Å². The van der Waals surface area contributed by atoms with Crippen LogP contribution in [0.25, 0.3) is 0 Å². The molecule has 2 aliphatic rings. The number of amides is 1. The standard InChI is InChI=1S/C23H38N2O6/c1-15-13-18(30-12-11-29-6)14-19(23(15,5)20(26)27)24-16-7-9-17(10-8-16)25-21(28)31-22(2,3)4/h13-17,24H,7-12H2,1-6H3,(H,25,28)(H,26,27). The van der Waals surface area contributed by atoms with Gasteiger partial charge in [-0.2, -0.15) is 0 Å². The Morgan fingerprint density at radius 3 is 2.32 bits per heavy atom. The molecule has 3 N–H and O–H groups in total. The van der Waals surface area contributed by atoms with Crippen molar-refractivity contribution in [2.45, 2.75) is 78.0 Å². The van der Waals surface area contributed by atoms with Crippen molar-refractivity contribution >= 4 is 12.1 Å². The number of ether oxygens (including phenoxy) is 3. The summed E-state index contributed by atoms with van der Waals surface area (Å²) in [6.45, 7) is 10.0. The number of aliphatic carboxylic acids is 1. The molecule has 8 heteroatoms. The van der Waals surface area contributed by atoms with E-state index in [2.05, 4.69) is 10.6 Å². The highest BCUT2D eigenvalue weighted by atomic mass is 16.6. The van der Waals surface area contributed by atoms with Crippen LogP contribution in [0, 0.1) is 11.3 Å². The Kier molecular flexibility index (Phi) is 8.40. The van der Waals surface area contributed by atoms with E-state index in [-0.39, 0.29) is 18.0 Å². The quantitative estimate of drug-likeness (QED) is 0.497. The molecule has 1 saturated carbocycles. The monoisotopic (exact) mass is 438 g/mol. The second kappa shape index (κ2) is 10.4. The molecule has 0 spiro atoms. The number of nitrogens with one attached hydrogen (secondary N) is 2. The summed E-state index contributed by atoms with van der Waals surface area (Å²) < 4.78 is 16.1. The third-order valence-corrected chi connectivity index (χ3v) is 5.98. The number of rotatable bonds is 8. The Morgan fingerprint density at radius 1 is 1.16 bits per heavy atom.